The molecule has 3 aromatic carbocycles. The summed E-state index contributed by atoms with van der Waals surface area (Å²) in [5.41, 5.74) is 3.74. The quantitative estimate of drug-likeness (QED) is 0.576. The zero-order valence-corrected chi connectivity index (χ0v) is 17.6. The molecule has 0 radical (unpaired) electrons. The minimum atomic E-state index is -0.348. The van der Waals surface area contributed by atoms with E-state index in [2.05, 4.69) is 54.6 Å². The molecule has 2 heterocycles. The van der Waals surface area contributed by atoms with Gasteiger partial charge in [0.05, 0.1) is 12.7 Å². The standard InChI is InChI=1S/C27H25NO3/c1-30-25-10-6-5-9-23(25)26(29)28-17-15-27(16-18-28)14-13-22-19-21(11-12-24(22)31-27)20-7-3-2-4-8-20/h2-14,19H,15-18H2,1H3. The molecule has 0 N–H and O–H groups in total. The van der Waals surface area contributed by atoms with Gasteiger partial charge in [0, 0.05) is 31.5 Å². The van der Waals surface area contributed by atoms with Crippen molar-refractivity contribution in [1.82, 2.24) is 4.90 Å². The molecule has 0 unspecified atom stereocenters. The number of carbonyl (C=O) groups excluding carboxylic acids is 1. The highest BCUT2D eigenvalue weighted by atomic mass is 16.5. The number of amides is 1. The third-order valence-corrected chi connectivity index (χ3v) is 6.23. The van der Waals surface area contributed by atoms with E-state index in [0.29, 0.717) is 24.4 Å². The lowest BCUT2D eigenvalue weighted by Crippen LogP contribution is -2.49. The molecule has 156 valence electrons. The minimum Gasteiger partial charge on any atom is -0.496 e. The first-order valence-corrected chi connectivity index (χ1v) is 10.7. The molecule has 2 aliphatic rings. The number of hydrogen-bond donors (Lipinski definition) is 0. The van der Waals surface area contributed by atoms with E-state index in [1.165, 1.54) is 11.1 Å². The average molecular weight is 412 g/mol. The molecule has 5 rings (SSSR count). The van der Waals surface area contributed by atoms with Crippen LogP contribution in [0.2, 0.25) is 0 Å². The molecule has 1 fully saturated rings. The van der Waals surface area contributed by atoms with Crippen molar-refractivity contribution in [1.29, 1.82) is 0 Å². The largest absolute Gasteiger partial charge is 0.496 e. The molecule has 31 heavy (non-hydrogen) atoms. The SMILES string of the molecule is COc1ccccc1C(=O)N1CCC2(C=Cc3cc(-c4ccccc4)ccc3O2)CC1. The molecule has 1 saturated heterocycles. The van der Waals surface area contributed by atoms with E-state index >= 15 is 0 Å². The molecule has 0 aromatic heterocycles. The molecule has 2 aliphatic heterocycles. The molecular weight excluding hydrogens is 386 g/mol. The third kappa shape index (κ3) is 3.70. The van der Waals surface area contributed by atoms with Crippen molar-refractivity contribution in [3.8, 4) is 22.6 Å². The molecule has 0 aliphatic carbocycles. The Bertz CT molecular complexity index is 1130. The summed E-state index contributed by atoms with van der Waals surface area (Å²) in [6.07, 6.45) is 5.88. The number of ether oxygens (including phenoxy) is 2. The lowest BCUT2D eigenvalue weighted by atomic mass is 9.87. The van der Waals surface area contributed by atoms with Gasteiger partial charge >= 0.3 is 0 Å². The highest BCUT2D eigenvalue weighted by Gasteiger charge is 2.38. The number of benzene rings is 3. The molecular formula is C27H25NO3. The van der Waals surface area contributed by atoms with Crippen LogP contribution in [0.5, 0.6) is 11.5 Å². The summed E-state index contributed by atoms with van der Waals surface area (Å²) in [5, 5.41) is 0. The molecule has 1 amide bonds. The summed E-state index contributed by atoms with van der Waals surface area (Å²) in [5.74, 6) is 1.54. The van der Waals surface area contributed by atoms with E-state index < -0.39 is 0 Å². The summed E-state index contributed by atoms with van der Waals surface area (Å²) >= 11 is 0. The normalized spacial score (nSPS) is 16.5. The summed E-state index contributed by atoms with van der Waals surface area (Å²) in [6, 6.07) is 24.1. The van der Waals surface area contributed by atoms with Gasteiger partial charge in [0.25, 0.3) is 5.91 Å². The van der Waals surface area contributed by atoms with Crippen LogP contribution in [-0.2, 0) is 0 Å². The van der Waals surface area contributed by atoms with Crippen LogP contribution in [0.25, 0.3) is 17.2 Å². The van der Waals surface area contributed by atoms with Gasteiger partial charge in [0.15, 0.2) is 0 Å². The Kier molecular flexibility index (Phi) is 4.99. The maximum atomic E-state index is 13.0. The van der Waals surface area contributed by atoms with Crippen LogP contribution in [0.3, 0.4) is 0 Å². The van der Waals surface area contributed by atoms with Gasteiger partial charge in [-0.05, 0) is 41.5 Å². The average Bonchev–Trinajstić information content (AvgIpc) is 2.84. The van der Waals surface area contributed by atoms with Gasteiger partial charge in [0.2, 0.25) is 0 Å². The third-order valence-electron chi connectivity index (χ3n) is 6.23. The second-order valence-electron chi connectivity index (χ2n) is 8.11. The van der Waals surface area contributed by atoms with Crippen LogP contribution < -0.4 is 9.47 Å². The number of methoxy groups -OCH3 is 1. The Hall–Kier alpha value is -3.53. The van der Waals surface area contributed by atoms with Crippen molar-refractivity contribution in [3.63, 3.8) is 0 Å². The fourth-order valence-corrected chi connectivity index (χ4v) is 4.43. The minimum absolute atomic E-state index is 0.0139. The van der Waals surface area contributed by atoms with Crippen molar-refractivity contribution < 1.29 is 14.3 Å². The number of para-hydroxylation sites is 1. The number of nitrogens with zero attached hydrogens (tertiary/aromatic N) is 1. The van der Waals surface area contributed by atoms with Crippen LogP contribution in [-0.4, -0.2) is 36.6 Å². The van der Waals surface area contributed by atoms with Crippen molar-refractivity contribution in [2.45, 2.75) is 18.4 Å². The zero-order valence-electron chi connectivity index (χ0n) is 17.6. The van der Waals surface area contributed by atoms with Gasteiger partial charge in [-0.15, -0.1) is 0 Å². The van der Waals surface area contributed by atoms with E-state index in [1.807, 2.05) is 35.2 Å². The molecule has 4 nitrogen and oxygen atoms in total. The molecule has 0 bridgehead atoms. The number of rotatable bonds is 3. The lowest BCUT2D eigenvalue weighted by molar-refractivity contribution is 0.0328. The smallest absolute Gasteiger partial charge is 0.257 e. The first kappa shape index (κ1) is 19.4. The van der Waals surface area contributed by atoms with E-state index in [4.69, 9.17) is 9.47 Å². The number of carbonyl (C=O) groups is 1. The molecule has 3 aromatic rings. The molecule has 0 atom stereocenters. The van der Waals surface area contributed by atoms with Gasteiger partial charge in [-0.2, -0.15) is 0 Å². The van der Waals surface area contributed by atoms with Crippen LogP contribution >= 0.6 is 0 Å². The Morgan fingerprint density at radius 1 is 0.935 bits per heavy atom. The molecule has 0 saturated carbocycles. The Morgan fingerprint density at radius 2 is 1.68 bits per heavy atom. The van der Waals surface area contributed by atoms with Gasteiger partial charge in [-0.1, -0.05) is 54.6 Å². The van der Waals surface area contributed by atoms with E-state index in [9.17, 15) is 4.79 Å². The lowest BCUT2D eigenvalue weighted by Gasteiger charge is -2.42. The van der Waals surface area contributed by atoms with Crippen molar-refractivity contribution in [3.05, 3.63) is 90.0 Å². The van der Waals surface area contributed by atoms with Gasteiger partial charge in [-0.3, -0.25) is 4.79 Å². The fourth-order valence-electron chi connectivity index (χ4n) is 4.43. The van der Waals surface area contributed by atoms with E-state index in [0.717, 1.165) is 24.2 Å². The van der Waals surface area contributed by atoms with Crippen LogP contribution in [0.1, 0.15) is 28.8 Å². The van der Waals surface area contributed by atoms with Crippen LogP contribution in [0.4, 0.5) is 0 Å². The number of fused-ring (bicyclic) bond motifs is 1. The summed E-state index contributed by atoms with van der Waals surface area (Å²) in [7, 11) is 1.60. The monoisotopic (exact) mass is 411 g/mol. The van der Waals surface area contributed by atoms with Crippen LogP contribution in [0.15, 0.2) is 78.9 Å². The fraction of sp³-hybridized carbons (Fsp3) is 0.222. The summed E-state index contributed by atoms with van der Waals surface area (Å²) < 4.78 is 11.8. The zero-order chi connectivity index (χ0) is 21.3. The second kappa shape index (κ2) is 7.95. The Labute approximate surface area is 182 Å². The van der Waals surface area contributed by atoms with Crippen molar-refractivity contribution in [2.75, 3.05) is 20.2 Å². The van der Waals surface area contributed by atoms with E-state index in [1.54, 1.807) is 7.11 Å². The summed E-state index contributed by atoms with van der Waals surface area (Å²) in [4.78, 5) is 14.9. The predicted molar refractivity (Wildman–Crippen MR) is 122 cm³/mol. The molecule has 1 spiro atoms. The highest BCUT2D eigenvalue weighted by molar-refractivity contribution is 5.97. The second-order valence-corrected chi connectivity index (χ2v) is 8.11. The van der Waals surface area contributed by atoms with E-state index in [-0.39, 0.29) is 11.5 Å². The Morgan fingerprint density at radius 3 is 2.45 bits per heavy atom. The van der Waals surface area contributed by atoms with Crippen molar-refractivity contribution >= 4 is 12.0 Å². The number of piperidine rings is 1. The van der Waals surface area contributed by atoms with Gasteiger partial charge < -0.3 is 14.4 Å². The first-order chi connectivity index (χ1) is 15.2. The van der Waals surface area contributed by atoms with Gasteiger partial charge in [0.1, 0.15) is 17.1 Å². The maximum absolute atomic E-state index is 13.0. The van der Waals surface area contributed by atoms with Crippen LogP contribution in [0, 0.1) is 0 Å². The predicted octanol–water partition coefficient (Wildman–Crippen LogP) is 5.44. The van der Waals surface area contributed by atoms with Crippen molar-refractivity contribution in [2.24, 2.45) is 0 Å². The Balaban J connectivity index is 1.30. The van der Waals surface area contributed by atoms with Gasteiger partial charge in [-0.25, -0.2) is 0 Å². The first-order valence-electron chi connectivity index (χ1n) is 10.7. The number of likely N-dealkylation sites (tertiary alicyclic amines) is 1. The summed E-state index contributed by atoms with van der Waals surface area (Å²) in [6.45, 7) is 1.30. The molecule has 4 heteroatoms. The maximum Gasteiger partial charge on any atom is 0.257 e. The highest BCUT2D eigenvalue weighted by Crippen LogP contribution is 2.39. The topological polar surface area (TPSA) is 38.8 Å². The number of hydrogen-bond acceptors (Lipinski definition) is 3.